The van der Waals surface area contributed by atoms with E-state index in [1.807, 2.05) is 17.0 Å². The topological polar surface area (TPSA) is 121 Å². The van der Waals surface area contributed by atoms with Crippen molar-refractivity contribution >= 4 is 29.5 Å². The van der Waals surface area contributed by atoms with Gasteiger partial charge in [0.1, 0.15) is 28.7 Å². The monoisotopic (exact) mass is 882 g/mol. The molecule has 0 aliphatic carbocycles. The van der Waals surface area contributed by atoms with Gasteiger partial charge >= 0.3 is 17.9 Å². The molecule has 1 heterocycles. The summed E-state index contributed by atoms with van der Waals surface area (Å²) >= 11 is 0. The highest BCUT2D eigenvalue weighted by atomic mass is 16.5. The van der Waals surface area contributed by atoms with Crippen LogP contribution in [0.25, 0.3) is 0 Å². The number of carbonyl (C=O) groups excluding carboxylic acids is 4. The largest absolute Gasteiger partial charge is 0.494 e. The standard InChI is InChI=1S/C54H62N2O9/c1-3-5-7-9-10-11-12-14-40-62-47-27-19-42(20-28-47)52(58)63-48-29-15-41(16-30-48)51(57)56-37-35-55(36-38-56)45-23-33-50(34-24-45)65-54(60)44-21-31-49(32-22-44)64-53(59)43-17-25-46(26-18-43)61-39-13-8-6-4-2/h15-34H,3-14,35-40H2,1-2H3. The lowest BCUT2D eigenvalue weighted by Crippen LogP contribution is -2.48. The van der Waals surface area contributed by atoms with E-state index in [4.69, 9.17) is 23.7 Å². The Kier molecular flexibility index (Phi) is 18.9. The van der Waals surface area contributed by atoms with E-state index in [9.17, 15) is 19.2 Å². The van der Waals surface area contributed by atoms with Gasteiger partial charge in [0.15, 0.2) is 0 Å². The zero-order chi connectivity index (χ0) is 45.6. The van der Waals surface area contributed by atoms with Gasteiger partial charge in [-0.1, -0.05) is 78.1 Å². The van der Waals surface area contributed by atoms with E-state index in [1.54, 1.807) is 109 Å². The SMILES string of the molecule is CCCCCCCCCCOc1ccc(C(=O)Oc2ccc(C(=O)N3CCN(c4ccc(OC(=O)c5ccc(OC(=O)c6ccc(OCCCCCC)cc6)cc5)cc4)CC3)cc2)cc1. The number of amides is 1. The number of hydrogen-bond acceptors (Lipinski definition) is 10. The first-order valence-corrected chi connectivity index (χ1v) is 23.3. The summed E-state index contributed by atoms with van der Waals surface area (Å²) in [5.41, 5.74) is 2.57. The van der Waals surface area contributed by atoms with E-state index in [-0.39, 0.29) is 5.91 Å². The number of ether oxygens (including phenoxy) is 5. The Bertz CT molecular complexity index is 2230. The molecule has 0 atom stereocenters. The number of unbranched alkanes of at least 4 members (excludes halogenated alkanes) is 10. The predicted octanol–water partition coefficient (Wildman–Crippen LogP) is 11.8. The maximum Gasteiger partial charge on any atom is 0.343 e. The lowest BCUT2D eigenvalue weighted by Gasteiger charge is -2.36. The minimum Gasteiger partial charge on any atom is -0.494 e. The van der Waals surface area contributed by atoms with Crippen molar-refractivity contribution < 1.29 is 42.9 Å². The molecule has 342 valence electrons. The number of esters is 3. The molecule has 0 radical (unpaired) electrons. The van der Waals surface area contributed by atoms with Crippen molar-refractivity contribution in [1.29, 1.82) is 0 Å². The van der Waals surface area contributed by atoms with Gasteiger partial charge in [-0.05, 0) is 134 Å². The first-order valence-electron chi connectivity index (χ1n) is 23.3. The van der Waals surface area contributed by atoms with E-state index < -0.39 is 17.9 Å². The first kappa shape index (κ1) is 47.8. The highest BCUT2D eigenvalue weighted by molar-refractivity contribution is 5.95. The van der Waals surface area contributed by atoms with E-state index in [0.29, 0.717) is 84.6 Å². The van der Waals surface area contributed by atoms with Crippen molar-refractivity contribution in [3.05, 3.63) is 144 Å². The van der Waals surface area contributed by atoms with Gasteiger partial charge in [0, 0.05) is 37.4 Å². The number of rotatable bonds is 24. The van der Waals surface area contributed by atoms with Crippen LogP contribution < -0.4 is 28.6 Å². The molecule has 0 spiro atoms. The smallest absolute Gasteiger partial charge is 0.343 e. The molecule has 0 aromatic heterocycles. The third kappa shape index (κ3) is 15.3. The quantitative estimate of drug-likeness (QED) is 0.0336. The maximum atomic E-state index is 13.4. The second-order valence-corrected chi connectivity index (χ2v) is 16.3. The molecule has 11 heteroatoms. The molecule has 0 bridgehead atoms. The van der Waals surface area contributed by atoms with Gasteiger partial charge in [-0.15, -0.1) is 0 Å². The molecule has 0 N–H and O–H groups in total. The molecular weight excluding hydrogens is 821 g/mol. The Labute approximate surface area is 383 Å². The van der Waals surface area contributed by atoms with Crippen molar-refractivity contribution in [1.82, 2.24) is 4.90 Å². The third-order valence-electron chi connectivity index (χ3n) is 11.3. The minimum absolute atomic E-state index is 0.0949. The van der Waals surface area contributed by atoms with Crippen LogP contribution in [0.4, 0.5) is 5.69 Å². The number of benzene rings is 5. The first-order chi connectivity index (χ1) is 31.8. The summed E-state index contributed by atoms with van der Waals surface area (Å²) in [5, 5.41) is 0. The van der Waals surface area contributed by atoms with Crippen LogP contribution in [-0.4, -0.2) is 68.1 Å². The van der Waals surface area contributed by atoms with E-state index in [2.05, 4.69) is 18.7 Å². The Hall–Kier alpha value is -6.62. The highest BCUT2D eigenvalue weighted by Crippen LogP contribution is 2.24. The van der Waals surface area contributed by atoms with E-state index in [0.717, 1.165) is 37.1 Å². The normalized spacial score (nSPS) is 12.3. The van der Waals surface area contributed by atoms with Crippen LogP contribution in [0.15, 0.2) is 121 Å². The molecule has 0 saturated carbocycles. The Morgan fingerprint density at radius 2 is 0.708 bits per heavy atom. The summed E-state index contributed by atoms with van der Waals surface area (Å²) in [6.45, 7) is 8.00. The van der Waals surface area contributed by atoms with Gasteiger partial charge in [0.25, 0.3) is 5.91 Å². The molecule has 1 amide bonds. The molecule has 1 aliphatic heterocycles. The molecule has 11 nitrogen and oxygen atoms in total. The summed E-state index contributed by atoms with van der Waals surface area (Å²) in [6.07, 6.45) is 14.4. The van der Waals surface area contributed by atoms with Crippen molar-refractivity contribution in [2.24, 2.45) is 0 Å². The zero-order valence-electron chi connectivity index (χ0n) is 37.8. The molecule has 65 heavy (non-hydrogen) atoms. The van der Waals surface area contributed by atoms with Gasteiger partial charge in [0.2, 0.25) is 0 Å². The third-order valence-corrected chi connectivity index (χ3v) is 11.3. The lowest BCUT2D eigenvalue weighted by atomic mass is 10.1. The fraction of sp³-hybridized carbons (Fsp3) is 0.370. The van der Waals surface area contributed by atoms with Gasteiger partial charge in [-0.3, -0.25) is 4.79 Å². The second kappa shape index (κ2) is 25.6. The molecule has 0 unspecified atom stereocenters. The van der Waals surface area contributed by atoms with Crippen LogP contribution in [0, 0.1) is 0 Å². The number of nitrogens with zero attached hydrogens (tertiary/aromatic N) is 2. The van der Waals surface area contributed by atoms with E-state index >= 15 is 0 Å². The number of hydrogen-bond donors (Lipinski definition) is 0. The molecular formula is C54H62N2O9. The summed E-state index contributed by atoms with van der Waals surface area (Å²) in [6, 6.07) is 33.9. The summed E-state index contributed by atoms with van der Waals surface area (Å²) < 4.78 is 28.3. The number of anilines is 1. The average molecular weight is 883 g/mol. The number of piperazine rings is 1. The maximum absolute atomic E-state index is 13.4. The lowest BCUT2D eigenvalue weighted by molar-refractivity contribution is 0.0722. The van der Waals surface area contributed by atoms with Crippen molar-refractivity contribution in [2.45, 2.75) is 90.9 Å². The molecule has 5 aromatic carbocycles. The van der Waals surface area contributed by atoms with Crippen LogP contribution in [-0.2, 0) is 0 Å². The summed E-state index contributed by atoms with van der Waals surface area (Å²) in [4.78, 5) is 55.8. The fourth-order valence-electron chi connectivity index (χ4n) is 7.42. The van der Waals surface area contributed by atoms with Gasteiger partial charge < -0.3 is 33.5 Å². The Balaban J connectivity index is 0.879. The van der Waals surface area contributed by atoms with Crippen molar-refractivity contribution in [3.63, 3.8) is 0 Å². The highest BCUT2D eigenvalue weighted by Gasteiger charge is 2.23. The number of carbonyl (C=O) groups is 4. The Morgan fingerprint density at radius 1 is 0.385 bits per heavy atom. The van der Waals surface area contributed by atoms with Gasteiger partial charge in [-0.2, -0.15) is 0 Å². The molecule has 1 saturated heterocycles. The second-order valence-electron chi connectivity index (χ2n) is 16.3. The predicted molar refractivity (Wildman–Crippen MR) is 253 cm³/mol. The van der Waals surface area contributed by atoms with Crippen LogP contribution in [0.1, 0.15) is 132 Å². The minimum atomic E-state index is -0.543. The van der Waals surface area contributed by atoms with Crippen molar-refractivity contribution in [3.8, 4) is 28.7 Å². The molecule has 6 rings (SSSR count). The van der Waals surface area contributed by atoms with Crippen LogP contribution >= 0.6 is 0 Å². The summed E-state index contributed by atoms with van der Waals surface area (Å²) in [5.74, 6) is 0.848. The van der Waals surface area contributed by atoms with Crippen LogP contribution in [0.5, 0.6) is 28.7 Å². The fourth-order valence-corrected chi connectivity index (χ4v) is 7.42. The summed E-state index contributed by atoms with van der Waals surface area (Å²) in [7, 11) is 0. The van der Waals surface area contributed by atoms with Crippen LogP contribution in [0.3, 0.4) is 0 Å². The van der Waals surface area contributed by atoms with Gasteiger partial charge in [-0.25, -0.2) is 14.4 Å². The van der Waals surface area contributed by atoms with Crippen LogP contribution in [0.2, 0.25) is 0 Å². The van der Waals surface area contributed by atoms with E-state index in [1.165, 1.54) is 51.4 Å². The zero-order valence-corrected chi connectivity index (χ0v) is 37.8. The van der Waals surface area contributed by atoms with Gasteiger partial charge in [0.05, 0.1) is 29.9 Å². The molecule has 1 fully saturated rings. The molecule has 5 aromatic rings. The molecule has 1 aliphatic rings. The Morgan fingerprint density at radius 3 is 1.11 bits per heavy atom. The van der Waals surface area contributed by atoms with Crippen molar-refractivity contribution in [2.75, 3.05) is 44.3 Å². The average Bonchev–Trinajstić information content (AvgIpc) is 3.34.